The third-order valence-corrected chi connectivity index (χ3v) is 1.41. The van der Waals surface area contributed by atoms with Crippen LogP contribution in [-0.4, -0.2) is 5.97 Å². The van der Waals surface area contributed by atoms with Crippen LogP contribution in [-0.2, 0) is 32.5 Å². The summed E-state index contributed by atoms with van der Waals surface area (Å²) >= 11 is 0. The molecule has 3 nitrogen and oxygen atoms in total. The third-order valence-electron chi connectivity index (χ3n) is 1.41. The second kappa shape index (κ2) is 5.27. The van der Waals surface area contributed by atoms with Crippen LogP contribution < -0.4 is 10.8 Å². The van der Waals surface area contributed by atoms with Crippen molar-refractivity contribution in [2.45, 2.75) is 6.04 Å². The van der Waals surface area contributed by atoms with Crippen molar-refractivity contribution in [3.63, 3.8) is 0 Å². The van der Waals surface area contributed by atoms with Gasteiger partial charge in [0.05, 0.1) is 12.0 Å². The van der Waals surface area contributed by atoms with Gasteiger partial charge in [0.15, 0.2) is 0 Å². The molecule has 1 atom stereocenters. The monoisotopic (exact) mass is 352 g/mol. The summed E-state index contributed by atoms with van der Waals surface area (Å²) < 4.78 is 0. The normalized spacial score (nSPS) is 11.4. The molecular weight excluding hydrogens is 343 g/mol. The van der Waals surface area contributed by atoms with Gasteiger partial charge in [-0.1, -0.05) is 30.3 Å². The van der Waals surface area contributed by atoms with Gasteiger partial charge in [0.1, 0.15) is 0 Å². The summed E-state index contributed by atoms with van der Waals surface area (Å²) in [4.78, 5) is 10.3. The number of carboxylic acids is 1. The Kier molecular flexibility index (Phi) is 5.09. The number of hydrogen-bond acceptors (Lipinski definition) is 3. The number of aliphatic carboxylic acids is 1. The van der Waals surface area contributed by atoms with Crippen LogP contribution in [0.25, 0.3) is 0 Å². The largest absolute Gasteiger partial charge is 1.00 e. The molecule has 0 aromatic heterocycles. The predicted octanol–water partition coefficient (Wildman–Crippen LogP) is -0.566. The molecule has 0 aliphatic heterocycles. The zero-order chi connectivity index (χ0) is 8.27. The first kappa shape index (κ1) is 11.6. The molecule has 0 spiro atoms. The molecule has 0 bridgehead atoms. The molecule has 1 rings (SSSR count). The van der Waals surface area contributed by atoms with E-state index in [9.17, 15) is 9.90 Å². The van der Waals surface area contributed by atoms with E-state index in [1.165, 1.54) is 0 Å². The van der Waals surface area contributed by atoms with Crippen LogP contribution in [0.1, 0.15) is 11.6 Å². The summed E-state index contributed by atoms with van der Waals surface area (Å²) in [7, 11) is 0. The van der Waals surface area contributed by atoms with Crippen LogP contribution in [0.2, 0.25) is 0 Å². The number of carbonyl (C=O) groups is 1. The molecule has 4 heteroatoms. The van der Waals surface area contributed by atoms with Gasteiger partial charge in [-0.3, -0.25) is 0 Å². The first-order valence-electron chi connectivity index (χ1n) is 3.23. The van der Waals surface area contributed by atoms with E-state index in [1.54, 1.807) is 30.3 Å². The van der Waals surface area contributed by atoms with E-state index in [4.69, 9.17) is 5.73 Å². The van der Waals surface area contributed by atoms with Gasteiger partial charge in [0.2, 0.25) is 0 Å². The molecule has 1 unspecified atom stereocenters. The van der Waals surface area contributed by atoms with Crippen molar-refractivity contribution >= 4 is 5.97 Å². The van der Waals surface area contributed by atoms with Crippen LogP contribution in [0.5, 0.6) is 0 Å². The summed E-state index contributed by atoms with van der Waals surface area (Å²) in [6.45, 7) is 0. The average Bonchev–Trinajstić information content (AvgIpc) is 2.05. The van der Waals surface area contributed by atoms with Crippen molar-refractivity contribution in [2.24, 2.45) is 5.73 Å². The maximum Gasteiger partial charge on any atom is 1.00 e. The van der Waals surface area contributed by atoms with E-state index in [2.05, 4.69) is 0 Å². The Morgan fingerprint density at radius 2 is 1.83 bits per heavy atom. The molecule has 0 aliphatic carbocycles. The van der Waals surface area contributed by atoms with Gasteiger partial charge in [-0.05, 0) is 5.56 Å². The third kappa shape index (κ3) is 2.91. The molecule has 2 N–H and O–H groups in total. The maximum absolute atomic E-state index is 10.3. The van der Waals surface area contributed by atoms with Crippen molar-refractivity contribution < 1.29 is 37.6 Å². The molecule has 0 heterocycles. The van der Waals surface area contributed by atoms with Crippen LogP contribution in [0.4, 0.5) is 0 Å². The van der Waals surface area contributed by atoms with E-state index in [-0.39, 0.29) is 27.7 Å². The van der Waals surface area contributed by atoms with Crippen molar-refractivity contribution in [3.05, 3.63) is 35.9 Å². The maximum atomic E-state index is 10.3. The van der Waals surface area contributed by atoms with Gasteiger partial charge in [-0.25, -0.2) is 0 Å². The van der Waals surface area contributed by atoms with Gasteiger partial charge in [0, 0.05) is 0 Å². The van der Waals surface area contributed by atoms with E-state index >= 15 is 0 Å². The zero-order valence-electron chi connectivity index (χ0n) is 6.57. The predicted molar refractivity (Wildman–Crippen MR) is 38.4 cm³/mol. The van der Waals surface area contributed by atoms with Gasteiger partial charge in [-0.15, -0.1) is 0 Å². The minimum Gasteiger partial charge on any atom is -0.548 e. The molecular formula is C8H8HgNO2. The fourth-order valence-corrected chi connectivity index (χ4v) is 0.796. The molecule has 1 radical (unpaired) electrons. The van der Waals surface area contributed by atoms with E-state index < -0.39 is 12.0 Å². The summed E-state index contributed by atoms with van der Waals surface area (Å²) in [5.41, 5.74) is 5.84. The number of hydrogen-bond donors (Lipinski definition) is 1. The summed E-state index contributed by atoms with van der Waals surface area (Å²) in [5, 5.41) is 10.3. The minimum absolute atomic E-state index is 0. The molecule has 0 saturated heterocycles. The summed E-state index contributed by atoms with van der Waals surface area (Å²) in [5.74, 6) is -1.25. The molecule has 1 aromatic carbocycles. The first-order valence-corrected chi connectivity index (χ1v) is 3.23. The van der Waals surface area contributed by atoms with Crippen LogP contribution >= 0.6 is 0 Å². The average molecular weight is 351 g/mol. The Bertz CT molecular complexity index is 250. The topological polar surface area (TPSA) is 66.2 Å². The molecule has 0 saturated carbocycles. The minimum atomic E-state index is -1.25. The Morgan fingerprint density at radius 3 is 2.25 bits per heavy atom. The van der Waals surface area contributed by atoms with Crippen LogP contribution in [0, 0.1) is 0 Å². The zero-order valence-corrected chi connectivity index (χ0v) is 12.1. The van der Waals surface area contributed by atoms with Gasteiger partial charge >= 0.3 is 27.7 Å². The SMILES string of the molecule is NC(C(=O)[O-])c1ccccc1.[Hg+]. The molecule has 0 aliphatic rings. The summed E-state index contributed by atoms with van der Waals surface area (Å²) in [6.07, 6.45) is 0. The Hall–Kier alpha value is -0.415. The van der Waals surface area contributed by atoms with E-state index in [0.717, 1.165) is 0 Å². The standard InChI is InChI=1S/C8H9NO2.Hg/c9-7(8(10)11)6-4-2-1-3-5-6;/h1-5,7H,9H2,(H,10,11);/q;+1/p-1. The smallest absolute Gasteiger partial charge is 0.548 e. The Balaban J connectivity index is 0.00000121. The first-order chi connectivity index (χ1) is 5.22. The number of benzene rings is 1. The fourth-order valence-electron chi connectivity index (χ4n) is 0.796. The van der Waals surface area contributed by atoms with E-state index in [0.29, 0.717) is 5.56 Å². The summed E-state index contributed by atoms with van der Waals surface area (Å²) in [6, 6.07) is 7.55. The fraction of sp³-hybridized carbons (Fsp3) is 0.125. The second-order valence-electron chi connectivity index (χ2n) is 2.21. The van der Waals surface area contributed by atoms with Gasteiger partial charge < -0.3 is 15.6 Å². The van der Waals surface area contributed by atoms with Crippen molar-refractivity contribution in [3.8, 4) is 0 Å². The number of carbonyl (C=O) groups excluding carboxylic acids is 1. The molecule has 0 amide bonds. The van der Waals surface area contributed by atoms with Crippen molar-refractivity contribution in [1.82, 2.24) is 0 Å². The molecule has 59 valence electrons. The second-order valence-corrected chi connectivity index (χ2v) is 2.21. The number of nitrogens with two attached hydrogens (primary N) is 1. The molecule has 12 heavy (non-hydrogen) atoms. The van der Waals surface area contributed by atoms with Crippen LogP contribution in [0.3, 0.4) is 0 Å². The molecule has 1 aromatic rings. The number of rotatable bonds is 2. The van der Waals surface area contributed by atoms with Gasteiger partial charge in [0.25, 0.3) is 0 Å². The molecule has 0 fully saturated rings. The number of carboxylic acid groups (broad SMARTS) is 1. The van der Waals surface area contributed by atoms with Crippen LogP contribution in [0.15, 0.2) is 30.3 Å². The van der Waals surface area contributed by atoms with E-state index in [1.807, 2.05) is 0 Å². The quantitative estimate of drug-likeness (QED) is 0.727. The van der Waals surface area contributed by atoms with Crippen molar-refractivity contribution in [2.75, 3.05) is 0 Å². The Morgan fingerprint density at radius 1 is 1.33 bits per heavy atom. The van der Waals surface area contributed by atoms with Crippen molar-refractivity contribution in [1.29, 1.82) is 0 Å². The Labute approximate surface area is 91.1 Å². The van der Waals surface area contributed by atoms with Gasteiger partial charge in [-0.2, -0.15) is 0 Å².